The lowest BCUT2D eigenvalue weighted by Gasteiger charge is -2.39. The van der Waals surface area contributed by atoms with Crippen LogP contribution < -0.4 is 5.32 Å². The molecule has 1 aliphatic heterocycles. The Labute approximate surface area is 120 Å². The number of benzene rings is 1. The molecule has 0 radical (unpaired) electrons. The number of hydrogen-bond acceptors (Lipinski definition) is 2. The molecule has 0 saturated carbocycles. The fourth-order valence-electron chi connectivity index (χ4n) is 1.96. The van der Waals surface area contributed by atoms with Crippen LogP contribution in [0, 0.1) is 5.41 Å². The minimum absolute atomic E-state index is 0.294. The van der Waals surface area contributed by atoms with Crippen LogP contribution in [0.25, 0.3) is 0 Å². The third-order valence-corrected chi connectivity index (χ3v) is 4.14. The molecule has 3 nitrogen and oxygen atoms in total. The molecule has 0 aliphatic carbocycles. The van der Waals surface area contributed by atoms with Crippen LogP contribution in [0.2, 0.25) is 15.1 Å². The van der Waals surface area contributed by atoms with Gasteiger partial charge in [0.05, 0.1) is 16.1 Å². The first kappa shape index (κ1) is 13.8. The number of rotatable bonds is 1. The quantitative estimate of drug-likeness (QED) is 0.778. The standard InChI is InChI=1S/C12H12Cl3NO2/c1-12(2)5-18-11(17)16-10(12)8-6(13)3-4-7(14)9(8)15/h3-4,10H,5H2,1-2H3,(H,16,17)/t10-/m0/s1. The van der Waals surface area contributed by atoms with Gasteiger partial charge in [-0.25, -0.2) is 4.79 Å². The van der Waals surface area contributed by atoms with Crippen molar-refractivity contribution < 1.29 is 9.53 Å². The first-order valence-electron chi connectivity index (χ1n) is 5.39. The molecule has 0 unspecified atom stereocenters. The number of hydrogen-bond donors (Lipinski definition) is 1. The smallest absolute Gasteiger partial charge is 0.407 e. The van der Waals surface area contributed by atoms with E-state index in [4.69, 9.17) is 39.5 Å². The van der Waals surface area contributed by atoms with Gasteiger partial charge in [-0.3, -0.25) is 0 Å². The zero-order valence-electron chi connectivity index (χ0n) is 9.89. The molecular formula is C12H12Cl3NO2. The summed E-state index contributed by atoms with van der Waals surface area (Å²) in [7, 11) is 0. The summed E-state index contributed by atoms with van der Waals surface area (Å²) in [6.45, 7) is 4.22. The van der Waals surface area contributed by atoms with E-state index in [2.05, 4.69) is 5.32 Å². The second kappa shape index (κ2) is 4.80. The van der Waals surface area contributed by atoms with Gasteiger partial charge in [0, 0.05) is 16.0 Å². The van der Waals surface area contributed by atoms with Crippen molar-refractivity contribution in [1.29, 1.82) is 0 Å². The lowest BCUT2D eigenvalue weighted by molar-refractivity contribution is 0.0388. The second-order valence-corrected chi connectivity index (χ2v) is 6.09. The maximum atomic E-state index is 11.4. The van der Waals surface area contributed by atoms with Gasteiger partial charge in [0.1, 0.15) is 6.61 Å². The summed E-state index contributed by atoms with van der Waals surface area (Å²) in [5.74, 6) is 0. The van der Waals surface area contributed by atoms with Crippen LogP contribution in [-0.4, -0.2) is 12.7 Å². The Hall–Kier alpha value is -0.640. The first-order chi connectivity index (χ1) is 8.33. The minimum atomic E-state index is -0.480. The predicted octanol–water partition coefficient (Wildman–Crippen LogP) is 4.45. The van der Waals surface area contributed by atoms with E-state index >= 15 is 0 Å². The third-order valence-electron chi connectivity index (χ3n) is 2.99. The van der Waals surface area contributed by atoms with Crippen LogP contribution in [0.1, 0.15) is 25.5 Å². The summed E-state index contributed by atoms with van der Waals surface area (Å²) in [6.07, 6.45) is -0.480. The molecule has 1 N–H and O–H groups in total. The molecule has 98 valence electrons. The number of carbonyl (C=O) groups excluding carboxylic acids is 1. The molecule has 0 spiro atoms. The van der Waals surface area contributed by atoms with Crippen LogP contribution in [-0.2, 0) is 4.74 Å². The van der Waals surface area contributed by atoms with Gasteiger partial charge in [-0.2, -0.15) is 0 Å². The van der Waals surface area contributed by atoms with Gasteiger partial charge in [-0.15, -0.1) is 0 Å². The Balaban J connectivity index is 2.52. The molecule has 1 aromatic rings. The average Bonchev–Trinajstić information content (AvgIpc) is 2.29. The molecule has 1 aromatic carbocycles. The molecule has 2 rings (SSSR count). The summed E-state index contributed by atoms with van der Waals surface area (Å²) in [6, 6.07) is 2.96. The Bertz CT molecular complexity index is 502. The predicted molar refractivity (Wildman–Crippen MR) is 72.5 cm³/mol. The molecule has 18 heavy (non-hydrogen) atoms. The normalized spacial score (nSPS) is 22.3. The molecule has 1 fully saturated rings. The van der Waals surface area contributed by atoms with Crippen LogP contribution in [0.15, 0.2) is 12.1 Å². The Morgan fingerprint density at radius 3 is 2.56 bits per heavy atom. The number of halogens is 3. The molecule has 1 aliphatic rings. The number of nitrogens with one attached hydrogen (secondary N) is 1. The van der Waals surface area contributed by atoms with Gasteiger partial charge in [-0.05, 0) is 12.1 Å². The van der Waals surface area contributed by atoms with Crippen LogP contribution in [0.5, 0.6) is 0 Å². The van der Waals surface area contributed by atoms with E-state index in [1.807, 2.05) is 13.8 Å². The van der Waals surface area contributed by atoms with Crippen molar-refractivity contribution in [3.63, 3.8) is 0 Å². The van der Waals surface area contributed by atoms with E-state index in [1.54, 1.807) is 12.1 Å². The van der Waals surface area contributed by atoms with Gasteiger partial charge < -0.3 is 10.1 Å². The topological polar surface area (TPSA) is 38.3 Å². The zero-order valence-corrected chi connectivity index (χ0v) is 12.2. The van der Waals surface area contributed by atoms with Crippen molar-refractivity contribution in [3.05, 3.63) is 32.8 Å². The van der Waals surface area contributed by atoms with E-state index in [1.165, 1.54) is 0 Å². The van der Waals surface area contributed by atoms with E-state index in [0.29, 0.717) is 27.2 Å². The molecular weight excluding hydrogens is 296 g/mol. The number of alkyl carbamates (subject to hydrolysis) is 1. The Morgan fingerprint density at radius 1 is 1.28 bits per heavy atom. The SMILES string of the molecule is CC1(C)COC(=O)N[C@H]1c1c(Cl)ccc(Cl)c1Cl. The summed E-state index contributed by atoms with van der Waals surface area (Å²) in [4.78, 5) is 11.4. The maximum absolute atomic E-state index is 11.4. The van der Waals surface area contributed by atoms with Crippen LogP contribution in [0.4, 0.5) is 4.79 Å². The highest BCUT2D eigenvalue weighted by Crippen LogP contribution is 2.44. The van der Waals surface area contributed by atoms with E-state index in [0.717, 1.165) is 0 Å². The van der Waals surface area contributed by atoms with Crippen molar-refractivity contribution in [3.8, 4) is 0 Å². The lowest BCUT2D eigenvalue weighted by atomic mass is 9.80. The van der Waals surface area contributed by atoms with Crippen molar-refractivity contribution in [2.45, 2.75) is 19.9 Å². The monoisotopic (exact) mass is 307 g/mol. The molecule has 1 saturated heterocycles. The summed E-state index contributed by atoms with van der Waals surface area (Å²) < 4.78 is 4.99. The molecule has 1 heterocycles. The largest absolute Gasteiger partial charge is 0.449 e. The number of carbonyl (C=O) groups is 1. The third kappa shape index (κ3) is 2.40. The summed E-state index contributed by atoms with van der Waals surface area (Å²) >= 11 is 18.4. The lowest BCUT2D eigenvalue weighted by Crippen LogP contribution is -2.47. The number of amides is 1. The highest BCUT2D eigenvalue weighted by Gasteiger charge is 2.40. The van der Waals surface area contributed by atoms with Crippen LogP contribution in [0.3, 0.4) is 0 Å². The van der Waals surface area contributed by atoms with Crippen LogP contribution >= 0.6 is 34.8 Å². The summed E-state index contributed by atoms with van der Waals surface area (Å²) in [5, 5.41) is 3.99. The molecule has 6 heteroatoms. The van der Waals surface area contributed by atoms with E-state index < -0.39 is 6.09 Å². The van der Waals surface area contributed by atoms with E-state index in [9.17, 15) is 4.79 Å². The fourth-order valence-corrected chi connectivity index (χ4v) is 2.71. The van der Waals surface area contributed by atoms with Gasteiger partial charge in [0.2, 0.25) is 0 Å². The first-order valence-corrected chi connectivity index (χ1v) is 6.53. The minimum Gasteiger partial charge on any atom is -0.449 e. The summed E-state index contributed by atoms with van der Waals surface area (Å²) in [5.41, 5.74) is 0.304. The molecule has 1 atom stereocenters. The zero-order chi connectivity index (χ0) is 13.5. The van der Waals surface area contributed by atoms with Crippen molar-refractivity contribution >= 4 is 40.9 Å². The molecule has 1 amide bonds. The average molecular weight is 309 g/mol. The second-order valence-electron chi connectivity index (χ2n) is 4.90. The highest BCUT2D eigenvalue weighted by atomic mass is 35.5. The highest BCUT2D eigenvalue weighted by molar-refractivity contribution is 6.44. The van der Waals surface area contributed by atoms with E-state index in [-0.39, 0.29) is 11.5 Å². The van der Waals surface area contributed by atoms with Gasteiger partial charge >= 0.3 is 6.09 Å². The van der Waals surface area contributed by atoms with Crippen molar-refractivity contribution in [2.75, 3.05) is 6.61 Å². The Morgan fingerprint density at radius 2 is 1.89 bits per heavy atom. The molecule has 0 aromatic heterocycles. The van der Waals surface area contributed by atoms with Gasteiger partial charge in [0.25, 0.3) is 0 Å². The van der Waals surface area contributed by atoms with Gasteiger partial charge in [0.15, 0.2) is 0 Å². The number of cyclic esters (lactones) is 1. The molecule has 0 bridgehead atoms. The van der Waals surface area contributed by atoms with Crippen molar-refractivity contribution in [2.24, 2.45) is 5.41 Å². The van der Waals surface area contributed by atoms with Crippen molar-refractivity contribution in [1.82, 2.24) is 5.32 Å². The number of ether oxygens (including phenoxy) is 1. The fraction of sp³-hybridized carbons (Fsp3) is 0.417. The van der Waals surface area contributed by atoms with Gasteiger partial charge in [-0.1, -0.05) is 48.7 Å². The Kier molecular flexibility index (Phi) is 3.67. The maximum Gasteiger partial charge on any atom is 0.407 e.